The van der Waals surface area contributed by atoms with Crippen LogP contribution in [0.15, 0.2) is 0 Å². The zero-order valence-electron chi connectivity index (χ0n) is 17.1. The van der Waals surface area contributed by atoms with E-state index < -0.39 is 0 Å². The van der Waals surface area contributed by atoms with Crippen LogP contribution in [0.1, 0.15) is 59.8 Å². The van der Waals surface area contributed by atoms with Crippen LogP contribution in [0.25, 0.3) is 0 Å². The van der Waals surface area contributed by atoms with Crippen molar-refractivity contribution in [2.24, 2.45) is 16.7 Å². The fourth-order valence-electron chi connectivity index (χ4n) is 4.63. The predicted octanol–water partition coefficient (Wildman–Crippen LogP) is 0.642. The maximum Gasteiger partial charge on any atom is 0.361 e. The summed E-state index contributed by atoms with van der Waals surface area (Å²) in [4.78, 5) is 11.9. The van der Waals surface area contributed by atoms with Crippen LogP contribution in [0.3, 0.4) is 0 Å². The van der Waals surface area contributed by atoms with Crippen molar-refractivity contribution in [3.63, 3.8) is 0 Å². The van der Waals surface area contributed by atoms with E-state index in [4.69, 9.17) is 9.47 Å². The molecule has 3 atom stereocenters. The summed E-state index contributed by atoms with van der Waals surface area (Å²) in [5.41, 5.74) is 0.707. The molecule has 25 heavy (non-hydrogen) atoms. The van der Waals surface area contributed by atoms with Gasteiger partial charge in [0.1, 0.15) is 6.54 Å². The summed E-state index contributed by atoms with van der Waals surface area (Å²) >= 11 is 0. The molecule has 2 saturated carbocycles. The normalized spacial score (nSPS) is 30.2. The molecule has 0 heterocycles. The highest BCUT2D eigenvalue weighted by Gasteiger charge is 2.61. The van der Waals surface area contributed by atoms with Gasteiger partial charge in [-0.2, -0.15) is 0 Å². The van der Waals surface area contributed by atoms with Gasteiger partial charge in [0.15, 0.2) is 6.54 Å². The van der Waals surface area contributed by atoms with Gasteiger partial charge in [0, 0.05) is 0 Å². The molecular weight excluding hydrogens is 382 g/mol. The van der Waals surface area contributed by atoms with Gasteiger partial charge in [-0.25, -0.2) is 4.79 Å². The van der Waals surface area contributed by atoms with E-state index in [0.29, 0.717) is 34.6 Å². The van der Waals surface area contributed by atoms with Gasteiger partial charge < -0.3 is 30.9 Å². The molecule has 0 aromatic heterocycles. The zero-order chi connectivity index (χ0) is 18.0. The number of hydrogen-bond acceptors (Lipinski definition) is 3. The number of quaternary nitrogens is 1. The first-order valence-electron chi connectivity index (χ1n) is 9.71. The Hall–Kier alpha value is -0.130. The fraction of sp³-hybridized carbons (Fsp3) is 0.950. The topological polar surface area (TPSA) is 35.5 Å². The number of esters is 1. The number of carbonyl (C=O) groups excluding carboxylic acids is 1. The van der Waals surface area contributed by atoms with Crippen molar-refractivity contribution in [2.75, 3.05) is 40.4 Å². The van der Waals surface area contributed by atoms with Gasteiger partial charge in [0.2, 0.25) is 0 Å². The molecule has 4 nitrogen and oxygen atoms in total. The summed E-state index contributed by atoms with van der Waals surface area (Å²) in [6.07, 6.45) is 6.22. The first-order valence-corrected chi connectivity index (χ1v) is 9.71. The molecule has 0 radical (unpaired) electrons. The van der Waals surface area contributed by atoms with E-state index in [1.807, 2.05) is 0 Å². The first-order chi connectivity index (χ1) is 11.1. The smallest absolute Gasteiger partial charge is 0.361 e. The largest absolute Gasteiger partial charge is 1.00 e. The second kappa shape index (κ2) is 8.71. The van der Waals surface area contributed by atoms with Crippen LogP contribution in [0.4, 0.5) is 0 Å². The van der Waals surface area contributed by atoms with E-state index in [1.165, 1.54) is 19.3 Å². The number of rotatable bonds is 9. The van der Waals surface area contributed by atoms with Crippen molar-refractivity contribution in [3.8, 4) is 0 Å². The molecule has 5 heteroatoms. The number of ether oxygens (including phenoxy) is 2. The van der Waals surface area contributed by atoms with Crippen LogP contribution in [0.5, 0.6) is 0 Å². The Bertz CT molecular complexity index is 452. The Balaban J connectivity index is 0.00000312. The monoisotopic (exact) mass is 419 g/mol. The molecule has 0 N–H and O–H groups in total. The van der Waals surface area contributed by atoms with Gasteiger partial charge in [-0.15, -0.1) is 0 Å². The highest BCUT2D eigenvalue weighted by atomic mass is 79.9. The lowest BCUT2D eigenvalue weighted by Crippen LogP contribution is -3.00. The maximum atomic E-state index is 11.9. The molecule has 2 rings (SSSR count). The molecule has 148 valence electrons. The molecule has 0 aliphatic heterocycles. The molecule has 0 amide bonds. The van der Waals surface area contributed by atoms with Gasteiger partial charge in [-0.3, -0.25) is 0 Å². The minimum Gasteiger partial charge on any atom is -1.00 e. The van der Waals surface area contributed by atoms with Gasteiger partial charge in [0.05, 0.1) is 33.4 Å². The predicted molar refractivity (Wildman–Crippen MR) is 96.7 cm³/mol. The Morgan fingerprint density at radius 2 is 1.88 bits per heavy atom. The minimum atomic E-state index is -0.0959. The number of halogens is 1. The Morgan fingerprint density at radius 1 is 1.20 bits per heavy atom. The average molecular weight is 420 g/mol. The third-order valence-electron chi connectivity index (χ3n) is 7.05. The number of unbranched alkanes of at least 4 members (excludes halogenated alkanes) is 1. The Labute approximate surface area is 165 Å². The molecule has 2 bridgehead atoms. The summed E-state index contributed by atoms with van der Waals surface area (Å²) in [6, 6.07) is 0. The van der Waals surface area contributed by atoms with Crippen molar-refractivity contribution in [1.29, 1.82) is 0 Å². The number of carbonyl (C=O) groups is 1. The molecule has 3 unspecified atom stereocenters. The third kappa shape index (κ3) is 4.98. The van der Waals surface area contributed by atoms with Crippen LogP contribution in [0, 0.1) is 16.7 Å². The summed E-state index contributed by atoms with van der Waals surface area (Å²) in [5, 5.41) is 0. The van der Waals surface area contributed by atoms with E-state index >= 15 is 0 Å². The van der Waals surface area contributed by atoms with E-state index in [-0.39, 0.29) is 23.0 Å². The van der Waals surface area contributed by atoms with Crippen LogP contribution >= 0.6 is 0 Å². The van der Waals surface area contributed by atoms with Crippen LogP contribution in [-0.4, -0.2) is 57.0 Å². The van der Waals surface area contributed by atoms with Crippen LogP contribution < -0.4 is 17.0 Å². The zero-order valence-corrected chi connectivity index (χ0v) is 18.7. The number of hydrogen-bond donors (Lipinski definition) is 0. The van der Waals surface area contributed by atoms with E-state index in [1.54, 1.807) is 0 Å². The minimum absolute atomic E-state index is 0. The highest BCUT2D eigenvalue weighted by molar-refractivity contribution is 5.70. The van der Waals surface area contributed by atoms with Crippen molar-refractivity contribution >= 4 is 5.97 Å². The van der Waals surface area contributed by atoms with Gasteiger partial charge in [-0.05, 0) is 42.4 Å². The number of nitrogens with zero attached hydrogens (tertiary/aromatic N) is 1. The van der Waals surface area contributed by atoms with Gasteiger partial charge in [0.25, 0.3) is 0 Å². The van der Waals surface area contributed by atoms with Crippen molar-refractivity contribution in [1.82, 2.24) is 0 Å². The lowest BCUT2D eigenvalue weighted by Gasteiger charge is -2.39. The van der Waals surface area contributed by atoms with Crippen molar-refractivity contribution in [3.05, 3.63) is 0 Å². The Morgan fingerprint density at radius 3 is 2.40 bits per heavy atom. The first kappa shape index (κ1) is 22.9. The van der Waals surface area contributed by atoms with Crippen LogP contribution in [-0.2, 0) is 14.3 Å². The Kier molecular flexibility index (Phi) is 7.98. The fourth-order valence-corrected chi connectivity index (χ4v) is 4.63. The van der Waals surface area contributed by atoms with Crippen molar-refractivity contribution in [2.45, 2.75) is 65.9 Å². The van der Waals surface area contributed by atoms with Crippen LogP contribution in [0.2, 0.25) is 0 Å². The van der Waals surface area contributed by atoms with Gasteiger partial charge in [-0.1, -0.05) is 34.1 Å². The quantitative estimate of drug-likeness (QED) is 0.312. The summed E-state index contributed by atoms with van der Waals surface area (Å²) in [6.45, 7) is 11.9. The SMILES string of the molecule is CCCCOC(=O)C[N+](C)(C)CCOC1CC2CCC1(C)C2(C)C.[Br-]. The molecule has 0 aromatic carbocycles. The van der Waals surface area contributed by atoms with E-state index in [9.17, 15) is 4.79 Å². The maximum absolute atomic E-state index is 11.9. The molecule has 2 fully saturated rings. The molecular formula is C20H38BrNO3. The molecule has 0 saturated heterocycles. The second-order valence-electron chi connectivity index (χ2n) is 9.36. The van der Waals surface area contributed by atoms with Crippen molar-refractivity contribution < 1.29 is 35.7 Å². The summed E-state index contributed by atoms with van der Waals surface area (Å²) < 4.78 is 12.2. The summed E-state index contributed by atoms with van der Waals surface area (Å²) in [7, 11) is 4.16. The average Bonchev–Trinajstić information content (AvgIpc) is 2.80. The van der Waals surface area contributed by atoms with E-state index in [0.717, 1.165) is 31.9 Å². The molecule has 0 aromatic rings. The summed E-state index contributed by atoms with van der Waals surface area (Å²) in [5.74, 6) is 0.713. The molecule has 0 spiro atoms. The second-order valence-corrected chi connectivity index (χ2v) is 9.36. The third-order valence-corrected chi connectivity index (χ3v) is 7.05. The standard InChI is InChI=1S/C20H38NO3.BrH/c1-7-8-12-24-18(22)15-21(5,6)11-13-23-17-14-16-9-10-20(17,4)19(16,2)3;/h16-17H,7-15H2,1-6H3;1H/q+1;/p-1. The highest BCUT2D eigenvalue weighted by Crippen LogP contribution is 2.66. The molecule has 2 aliphatic rings. The number of likely N-dealkylation sites (N-methyl/N-ethyl adjacent to an activating group) is 1. The lowest BCUT2D eigenvalue weighted by molar-refractivity contribution is -0.883. The number of fused-ring (bicyclic) bond motifs is 2. The van der Waals surface area contributed by atoms with E-state index in [2.05, 4.69) is 41.8 Å². The van der Waals surface area contributed by atoms with Gasteiger partial charge >= 0.3 is 5.97 Å². The molecule has 2 aliphatic carbocycles. The lowest BCUT2D eigenvalue weighted by atomic mass is 9.70.